The number of aromatic nitrogens is 2. The summed E-state index contributed by atoms with van der Waals surface area (Å²) in [6.45, 7) is 0.803. The van der Waals surface area contributed by atoms with Gasteiger partial charge < -0.3 is 4.90 Å². The van der Waals surface area contributed by atoms with Crippen LogP contribution in [-0.2, 0) is 0 Å². The molecule has 3 rings (SSSR count). The zero-order chi connectivity index (χ0) is 13.9. The molecule has 1 unspecified atom stereocenters. The quantitative estimate of drug-likeness (QED) is 0.860. The Labute approximate surface area is 116 Å². The lowest BCUT2D eigenvalue weighted by Gasteiger charge is -2.16. The van der Waals surface area contributed by atoms with Crippen molar-refractivity contribution in [1.82, 2.24) is 14.7 Å². The van der Waals surface area contributed by atoms with Crippen LogP contribution in [0, 0.1) is 5.92 Å². The summed E-state index contributed by atoms with van der Waals surface area (Å²) in [7, 11) is 0. The van der Waals surface area contributed by atoms with Crippen LogP contribution < -0.4 is 0 Å². The fourth-order valence-electron chi connectivity index (χ4n) is 2.53. The van der Waals surface area contributed by atoms with E-state index in [1.807, 2.05) is 30.5 Å². The first-order valence-electron chi connectivity index (χ1n) is 6.73. The number of hydrogen-bond acceptors (Lipinski definition) is 2. The largest absolute Gasteiger partial charge is 0.338 e. The van der Waals surface area contributed by atoms with Gasteiger partial charge in [0.1, 0.15) is 0 Å². The minimum absolute atomic E-state index is 0.00625. The van der Waals surface area contributed by atoms with E-state index in [1.165, 1.54) is 0 Å². The molecule has 0 radical (unpaired) electrons. The Morgan fingerprint density at radius 1 is 1.40 bits per heavy atom. The van der Waals surface area contributed by atoms with Crippen LogP contribution in [0.2, 0.25) is 0 Å². The average molecular weight is 273 g/mol. The Bertz CT molecular complexity index is 597. The van der Waals surface area contributed by atoms with Gasteiger partial charge in [0.15, 0.2) is 0 Å². The molecule has 0 N–H and O–H groups in total. The third-order valence-electron chi connectivity index (χ3n) is 3.65. The first-order chi connectivity index (χ1) is 9.78. The number of hydrogen-bond donors (Lipinski definition) is 0. The number of amides is 1. The highest BCUT2D eigenvalue weighted by Gasteiger charge is 2.26. The minimum atomic E-state index is -0.350. The van der Waals surface area contributed by atoms with Gasteiger partial charge in [-0.05, 0) is 30.7 Å². The molecule has 1 aromatic carbocycles. The van der Waals surface area contributed by atoms with Crippen molar-refractivity contribution in [2.24, 2.45) is 5.92 Å². The van der Waals surface area contributed by atoms with Crippen LogP contribution in [0.3, 0.4) is 0 Å². The van der Waals surface area contributed by atoms with Crippen molar-refractivity contribution >= 4 is 5.91 Å². The van der Waals surface area contributed by atoms with Crippen molar-refractivity contribution in [3.63, 3.8) is 0 Å². The van der Waals surface area contributed by atoms with Crippen molar-refractivity contribution in [3.8, 4) is 5.69 Å². The monoisotopic (exact) mass is 273 g/mol. The Balaban J connectivity index is 1.80. The molecule has 0 saturated carbocycles. The van der Waals surface area contributed by atoms with E-state index in [1.54, 1.807) is 21.8 Å². The molecular weight excluding hydrogens is 257 g/mol. The van der Waals surface area contributed by atoms with Gasteiger partial charge in [-0.2, -0.15) is 5.10 Å². The Morgan fingerprint density at radius 3 is 3.00 bits per heavy atom. The lowest BCUT2D eigenvalue weighted by Crippen LogP contribution is -2.29. The van der Waals surface area contributed by atoms with Crippen LogP contribution in [0.15, 0.2) is 42.7 Å². The third kappa shape index (κ3) is 2.43. The number of nitrogens with zero attached hydrogens (tertiary/aromatic N) is 3. The summed E-state index contributed by atoms with van der Waals surface area (Å²) in [5.41, 5.74) is 1.47. The van der Waals surface area contributed by atoms with Crippen LogP contribution in [0.5, 0.6) is 0 Å². The first kappa shape index (κ1) is 12.8. The topological polar surface area (TPSA) is 38.1 Å². The van der Waals surface area contributed by atoms with E-state index in [-0.39, 0.29) is 18.5 Å². The highest BCUT2D eigenvalue weighted by atomic mass is 19.1. The molecule has 2 aromatic rings. The van der Waals surface area contributed by atoms with Gasteiger partial charge >= 0.3 is 0 Å². The number of alkyl halides is 1. The van der Waals surface area contributed by atoms with Gasteiger partial charge in [0, 0.05) is 37.0 Å². The lowest BCUT2D eigenvalue weighted by atomic mass is 10.1. The Hall–Kier alpha value is -2.17. The first-order valence-corrected chi connectivity index (χ1v) is 6.73. The maximum absolute atomic E-state index is 12.6. The number of carbonyl (C=O) groups excluding carboxylic acids is 1. The molecule has 5 heteroatoms. The molecule has 1 aliphatic heterocycles. The Kier molecular flexibility index (Phi) is 3.50. The maximum atomic E-state index is 12.6. The molecule has 1 atom stereocenters. The van der Waals surface area contributed by atoms with Gasteiger partial charge in [-0.3, -0.25) is 9.18 Å². The summed E-state index contributed by atoms with van der Waals surface area (Å²) in [6, 6.07) is 9.18. The third-order valence-corrected chi connectivity index (χ3v) is 3.65. The second-order valence-electron chi connectivity index (χ2n) is 5.06. The van der Waals surface area contributed by atoms with Crippen molar-refractivity contribution in [1.29, 1.82) is 0 Å². The van der Waals surface area contributed by atoms with Crippen LogP contribution in [0.1, 0.15) is 16.8 Å². The summed E-state index contributed by atoms with van der Waals surface area (Å²) < 4.78 is 14.4. The summed E-state index contributed by atoms with van der Waals surface area (Å²) >= 11 is 0. The van der Waals surface area contributed by atoms with Crippen molar-refractivity contribution in [2.45, 2.75) is 6.42 Å². The molecule has 20 heavy (non-hydrogen) atoms. The molecular formula is C15H16FN3O. The minimum Gasteiger partial charge on any atom is -0.338 e. The number of likely N-dealkylation sites (tertiary alicyclic amines) is 1. The van der Waals surface area contributed by atoms with E-state index in [0.717, 1.165) is 12.1 Å². The van der Waals surface area contributed by atoms with Gasteiger partial charge in [0.05, 0.1) is 12.4 Å². The van der Waals surface area contributed by atoms with Gasteiger partial charge in [-0.25, -0.2) is 4.68 Å². The smallest absolute Gasteiger partial charge is 0.253 e. The maximum Gasteiger partial charge on any atom is 0.253 e. The zero-order valence-electron chi connectivity index (χ0n) is 11.1. The van der Waals surface area contributed by atoms with Gasteiger partial charge in [0.2, 0.25) is 0 Å². The number of rotatable bonds is 3. The predicted molar refractivity (Wildman–Crippen MR) is 73.5 cm³/mol. The molecule has 2 heterocycles. The highest BCUT2D eigenvalue weighted by molar-refractivity contribution is 5.94. The molecule has 1 fully saturated rings. The molecule has 4 nitrogen and oxygen atoms in total. The molecule has 0 spiro atoms. The molecule has 1 amide bonds. The number of halogens is 1. The summed E-state index contributed by atoms with van der Waals surface area (Å²) in [5.74, 6) is -0.0387. The Morgan fingerprint density at radius 2 is 2.30 bits per heavy atom. The van der Waals surface area contributed by atoms with E-state index in [4.69, 9.17) is 0 Å². The molecule has 0 aliphatic carbocycles. The van der Waals surface area contributed by atoms with Gasteiger partial charge in [-0.15, -0.1) is 0 Å². The summed E-state index contributed by atoms with van der Waals surface area (Å²) in [4.78, 5) is 14.1. The van der Waals surface area contributed by atoms with E-state index in [9.17, 15) is 9.18 Å². The molecule has 0 bridgehead atoms. The molecule has 1 saturated heterocycles. The standard InChI is InChI=1S/C15H16FN3O/c16-10-12-5-8-18(11-12)15(20)13-3-1-4-14(9-13)19-7-2-6-17-19/h1-4,6-7,9,12H,5,8,10-11H2. The lowest BCUT2D eigenvalue weighted by molar-refractivity contribution is 0.0785. The predicted octanol–water partition coefficient (Wildman–Crippen LogP) is 2.30. The number of carbonyl (C=O) groups is 1. The van der Waals surface area contributed by atoms with Crippen molar-refractivity contribution in [2.75, 3.05) is 19.8 Å². The molecule has 1 aliphatic rings. The van der Waals surface area contributed by atoms with E-state index < -0.39 is 0 Å². The van der Waals surface area contributed by atoms with Crippen molar-refractivity contribution < 1.29 is 9.18 Å². The normalized spacial score (nSPS) is 18.4. The van der Waals surface area contributed by atoms with Crippen LogP contribution in [0.4, 0.5) is 4.39 Å². The average Bonchev–Trinajstić information content (AvgIpc) is 3.17. The SMILES string of the molecule is O=C(c1cccc(-n2cccn2)c1)N1CCC(CF)C1. The van der Waals surface area contributed by atoms with Crippen LogP contribution in [-0.4, -0.2) is 40.4 Å². The van der Waals surface area contributed by atoms with Gasteiger partial charge in [0.25, 0.3) is 5.91 Å². The van der Waals surface area contributed by atoms with E-state index >= 15 is 0 Å². The number of benzene rings is 1. The van der Waals surface area contributed by atoms with Crippen molar-refractivity contribution in [3.05, 3.63) is 48.3 Å². The zero-order valence-corrected chi connectivity index (χ0v) is 11.1. The van der Waals surface area contributed by atoms with Crippen LogP contribution in [0.25, 0.3) is 5.69 Å². The highest BCUT2D eigenvalue weighted by Crippen LogP contribution is 2.20. The fraction of sp³-hybridized carbons (Fsp3) is 0.333. The van der Waals surface area contributed by atoms with E-state index in [0.29, 0.717) is 18.7 Å². The van der Waals surface area contributed by atoms with Crippen LogP contribution >= 0.6 is 0 Å². The fourth-order valence-corrected chi connectivity index (χ4v) is 2.53. The molecule has 104 valence electrons. The molecule has 1 aromatic heterocycles. The second kappa shape index (κ2) is 5.45. The summed E-state index contributed by atoms with van der Waals surface area (Å²) in [6.07, 6.45) is 4.28. The van der Waals surface area contributed by atoms with Gasteiger partial charge in [-0.1, -0.05) is 6.07 Å². The van der Waals surface area contributed by atoms with E-state index in [2.05, 4.69) is 5.10 Å². The summed E-state index contributed by atoms with van der Waals surface area (Å²) in [5, 5.41) is 4.15. The second-order valence-corrected chi connectivity index (χ2v) is 5.06.